The molecule has 0 fully saturated rings. The molecule has 0 unspecified atom stereocenters. The number of anilines is 6. The van der Waals surface area contributed by atoms with Crippen molar-refractivity contribution in [3.05, 3.63) is 329 Å². The Morgan fingerprint density at radius 2 is 0.574 bits per heavy atom. The highest BCUT2D eigenvalue weighted by molar-refractivity contribution is 7.00. The number of hydrogen-bond acceptors (Lipinski definition) is 2. The maximum absolute atomic E-state index is 12.3. The van der Waals surface area contributed by atoms with Crippen molar-refractivity contribution in [3.8, 4) is 67.0 Å². The summed E-state index contributed by atoms with van der Waals surface area (Å²) in [4.78, 5) is 4.00. The Balaban J connectivity index is 1.21. The Morgan fingerprint density at radius 1 is 0.287 bits per heavy atom. The molecule has 2 aromatic heterocycles. The largest absolute Gasteiger partial charge is 0.310 e. The van der Waals surface area contributed by atoms with Gasteiger partial charge in [-0.2, -0.15) is 0 Å². The smallest absolute Gasteiger partial charge is 0.252 e. The second kappa shape index (κ2) is 29.6. The second-order valence-corrected chi connectivity index (χ2v) is 40.8. The van der Waals surface area contributed by atoms with E-state index in [2.05, 4.69) is 287 Å². The number of aromatic nitrogens is 2. The monoisotopic (exact) mass is 1620 g/mol. The number of para-hydroxylation sites is 4. The van der Waals surface area contributed by atoms with E-state index in [9.17, 15) is 30.2 Å². The van der Waals surface area contributed by atoms with E-state index in [1.54, 1.807) is 0 Å². The van der Waals surface area contributed by atoms with E-state index in [1.807, 2.05) is 34.1 Å². The van der Waals surface area contributed by atoms with Gasteiger partial charge in [0, 0.05) is 77.9 Å². The van der Waals surface area contributed by atoms with Gasteiger partial charge in [0.05, 0.1) is 63.6 Å². The third kappa shape index (κ3) is 14.0. The van der Waals surface area contributed by atoms with Gasteiger partial charge in [-0.3, -0.25) is 0 Å². The summed E-state index contributed by atoms with van der Waals surface area (Å²) < 4.78 is 230. The molecule has 0 bridgehead atoms. The molecule has 0 N–H and O–H groups in total. The van der Waals surface area contributed by atoms with Gasteiger partial charge in [-0.15, -0.1) is 0 Å². The van der Waals surface area contributed by atoms with E-state index in [4.69, 9.17) is 0 Å². The summed E-state index contributed by atoms with van der Waals surface area (Å²) in [5, 5.41) is -1.41. The first-order valence-electron chi connectivity index (χ1n) is 54.0. The van der Waals surface area contributed by atoms with Crippen LogP contribution in [0.25, 0.3) is 111 Å². The molecule has 122 heavy (non-hydrogen) atoms. The van der Waals surface area contributed by atoms with Crippen molar-refractivity contribution in [2.45, 2.75) is 216 Å². The topological polar surface area (TPSA) is 16.3 Å². The van der Waals surface area contributed by atoms with Crippen LogP contribution in [0, 0.1) is 0 Å². The molecule has 0 radical (unpaired) electrons. The maximum atomic E-state index is 12.3. The minimum absolute atomic E-state index is 0.00380. The van der Waals surface area contributed by atoms with E-state index in [0.717, 1.165) is 64.8 Å². The zero-order valence-electron chi connectivity index (χ0n) is 97.0. The molecule has 0 atom stereocenters. The molecule has 0 aliphatic carbocycles. The van der Waals surface area contributed by atoms with Crippen LogP contribution in [0.15, 0.2) is 279 Å². The number of rotatable bonds is 12. The Bertz CT molecular complexity index is 7500. The fraction of sp³-hybridized carbons (Fsp3) is 0.282. The third-order valence-electron chi connectivity index (χ3n) is 25.0. The van der Waals surface area contributed by atoms with Crippen molar-refractivity contribution in [3.63, 3.8) is 0 Å². The van der Waals surface area contributed by atoms with Crippen LogP contribution < -0.4 is 26.2 Å². The van der Waals surface area contributed by atoms with Gasteiger partial charge in [0.1, 0.15) is 0 Å². The van der Waals surface area contributed by atoms with Gasteiger partial charge < -0.3 is 18.9 Å². The summed E-state index contributed by atoms with van der Waals surface area (Å²) in [6.07, 6.45) is 0. The summed E-state index contributed by atoms with van der Waals surface area (Å²) in [7, 11) is 0. The lowest BCUT2D eigenvalue weighted by Crippen LogP contribution is -2.61. The molecule has 14 aromatic carbocycles. The highest BCUT2D eigenvalue weighted by Gasteiger charge is 2.47. The predicted octanol–water partition coefficient (Wildman–Crippen LogP) is 31.5. The van der Waals surface area contributed by atoms with Crippen LogP contribution >= 0.6 is 0 Å². The molecule has 0 saturated carbocycles. The zero-order chi connectivity index (χ0) is 105. The molecule has 612 valence electrons. The van der Waals surface area contributed by atoms with E-state index >= 15 is 0 Å². The van der Waals surface area contributed by atoms with E-state index in [1.165, 1.54) is 0 Å². The number of hydrogen-bond donors (Lipinski definition) is 0. The van der Waals surface area contributed by atoms with Crippen LogP contribution in [0.4, 0.5) is 34.1 Å². The zero-order valence-corrected chi connectivity index (χ0v) is 75.0. The van der Waals surface area contributed by atoms with Gasteiger partial charge in [-0.05, 0) is 235 Å². The van der Waals surface area contributed by atoms with Crippen molar-refractivity contribution in [1.29, 1.82) is 0 Å². The Labute approximate surface area is 758 Å². The van der Waals surface area contributed by atoms with Gasteiger partial charge in [0.2, 0.25) is 0 Å². The average Bonchev–Trinajstić information content (AvgIpc) is 1.05. The average molecular weight is 1620 g/mol. The lowest BCUT2D eigenvalue weighted by molar-refractivity contribution is 0.589. The SMILES string of the molecule is [2H]c1c([2H])c(-n2c3c([2H])c([2H])c([2H])c([2H])c3c3c([2H])c([2H])c([2H])c([2H])c32)c([2H])c2c1B1c3c(cc(-c4c(C(C)C)cc(C(C)C)cc4C(C)C)cc3N(c3c(-c4cccc(C(C)(C)C)c4)cc(C(C)(C)C)cc3-c3cccc(C(C)(C)C)c3)c3c([2H])c(-n4c5c([2H])c([2H])c([2H])c([2H])c5c5c([2H])c([2H])c([2H])c([2H])c54)c([2H])c([2H])c31)N2c1c(-c2cccc(C(C)(C)C)c2)cc(C(C)(C)C)cc1-c1cccc(C(C)(C)C)c1. The van der Waals surface area contributed by atoms with Crippen molar-refractivity contribution >= 4 is 101 Å². The summed E-state index contributed by atoms with van der Waals surface area (Å²) >= 11 is 0. The first-order valence-corrected chi connectivity index (χ1v) is 43.0. The van der Waals surface area contributed by atoms with E-state index in [-0.39, 0.29) is 61.6 Å². The Morgan fingerprint density at radius 3 is 0.844 bits per heavy atom. The molecule has 2 aliphatic heterocycles. The van der Waals surface area contributed by atoms with Gasteiger partial charge in [0.15, 0.2) is 0 Å². The van der Waals surface area contributed by atoms with Crippen LogP contribution in [0.5, 0.6) is 0 Å². The fourth-order valence-electron chi connectivity index (χ4n) is 18.0. The van der Waals surface area contributed by atoms with Crippen LogP contribution in [0.3, 0.4) is 0 Å². The molecule has 4 nitrogen and oxygen atoms in total. The highest BCUT2D eigenvalue weighted by Crippen LogP contribution is 2.58. The van der Waals surface area contributed by atoms with Gasteiger partial charge in [-0.1, -0.05) is 360 Å². The predicted molar refractivity (Wildman–Crippen MR) is 531 cm³/mol. The van der Waals surface area contributed by atoms with Gasteiger partial charge >= 0.3 is 0 Å². The molecular weight excluding hydrogens is 1470 g/mol. The Hall–Kier alpha value is -11.7. The minimum atomic E-state index is -1.73. The van der Waals surface area contributed by atoms with Crippen LogP contribution in [0.2, 0.25) is 0 Å². The molecule has 0 amide bonds. The minimum Gasteiger partial charge on any atom is -0.310 e. The van der Waals surface area contributed by atoms with Crippen molar-refractivity contribution in [1.82, 2.24) is 9.13 Å². The second-order valence-electron chi connectivity index (χ2n) is 40.8. The highest BCUT2D eigenvalue weighted by atomic mass is 15.2. The first kappa shape index (κ1) is 59.2. The summed E-state index contributed by atoms with van der Waals surface area (Å²) in [6.45, 7) is 49.8. The van der Waals surface area contributed by atoms with E-state index in [0.29, 0.717) is 78.3 Å². The Kier molecular flexibility index (Phi) is 14.3. The fourth-order valence-corrected chi connectivity index (χ4v) is 18.0. The molecule has 0 saturated heterocycles. The van der Waals surface area contributed by atoms with Crippen LogP contribution in [0.1, 0.15) is 264 Å². The van der Waals surface area contributed by atoms with Crippen molar-refractivity contribution in [2.24, 2.45) is 0 Å². The molecule has 16 aromatic rings. The lowest BCUT2D eigenvalue weighted by atomic mass is 9.33. The summed E-state index contributed by atoms with van der Waals surface area (Å²) in [5.41, 5.74) is 10.1. The number of fused-ring (bicyclic) bond motifs is 10. The molecule has 5 heteroatoms. The standard InChI is InChI=1S/C117H121BN4/c1-71(2)78-61-92(72(3)4)108(93(62-78)73(5)6)79-63-106-109-107(64-79)122(111-96(76-39-35-43-82(59-76)114(13,14)15)67-85(117(22,23)24)68-97(111)77-40-36-44-83(60-77)115(16,17)18)105-70-87(120-102-51-31-27-47-90(102)91-48-28-32-52-103(91)120)54-56-99(105)118(109)98-55-53-86(119-100-49-29-25-45-88(100)89-46-26-30-50-101(89)119)69-104(98)121(106)110-94(74-37-33-41-80(57-74)112(7,8)9)65-84(116(19,20)21)66-95(110)75-38-34-42-81(58-75)113(10,11)12/h25-73H,1-24H3/i25D,26D,27D,28D,29D,30D,31D,32D,45D,46D,47D,48D,49D,50D,51D,52D,53D,54D,55D,56D,69D,70D. The van der Waals surface area contributed by atoms with E-state index < -0.39 is 206 Å². The molecule has 0 spiro atoms. The van der Waals surface area contributed by atoms with Gasteiger partial charge in [0.25, 0.3) is 6.71 Å². The molecule has 4 heterocycles. The van der Waals surface area contributed by atoms with Crippen LogP contribution in [-0.2, 0) is 32.5 Å². The van der Waals surface area contributed by atoms with Crippen LogP contribution in [-0.4, -0.2) is 15.8 Å². The molecular formula is C117H121BN4. The lowest BCUT2D eigenvalue weighted by Gasteiger charge is -2.46. The summed E-state index contributed by atoms with van der Waals surface area (Å²) in [5.74, 6) is -0.463. The van der Waals surface area contributed by atoms with Crippen molar-refractivity contribution in [2.75, 3.05) is 9.80 Å². The van der Waals surface area contributed by atoms with Crippen molar-refractivity contribution < 1.29 is 30.2 Å². The third-order valence-corrected chi connectivity index (χ3v) is 25.0. The number of nitrogens with zero attached hydrogens (tertiary/aromatic N) is 4. The first-order chi connectivity index (χ1) is 67.0. The molecule has 2 aliphatic rings. The van der Waals surface area contributed by atoms with Gasteiger partial charge in [-0.25, -0.2) is 0 Å². The quantitative estimate of drug-likeness (QED) is 0.113. The normalized spacial score (nSPS) is 15.9. The summed E-state index contributed by atoms with van der Waals surface area (Å²) in [6, 6.07) is 34.9. The number of benzene rings is 14. The molecule has 18 rings (SSSR count). The maximum Gasteiger partial charge on any atom is 0.252 e.